The molecular formula is C12H18ClNO2. The molecule has 0 unspecified atom stereocenters. The zero-order valence-corrected chi connectivity index (χ0v) is 11.0. The van der Waals surface area contributed by atoms with Crippen LogP contribution in [0, 0.1) is 6.92 Å². The van der Waals surface area contributed by atoms with Gasteiger partial charge in [0.25, 0.3) is 0 Å². The smallest absolute Gasteiger partial charge is 0.162 e. The highest BCUT2D eigenvalue weighted by molar-refractivity contribution is 6.18. The van der Waals surface area contributed by atoms with Crippen molar-refractivity contribution in [1.29, 1.82) is 0 Å². The van der Waals surface area contributed by atoms with Gasteiger partial charge < -0.3 is 14.4 Å². The second-order valence-electron chi connectivity index (χ2n) is 3.60. The largest absolute Gasteiger partial charge is 0.493 e. The van der Waals surface area contributed by atoms with Gasteiger partial charge in [0.2, 0.25) is 0 Å². The standard InChI is InChI=1S/C12H18ClNO2/c1-9-7-11(15-3)12(16-4)8-10(9)14(2)6-5-13/h7-8H,5-6H2,1-4H3. The van der Waals surface area contributed by atoms with Crippen molar-refractivity contribution in [3.63, 3.8) is 0 Å². The molecular weight excluding hydrogens is 226 g/mol. The van der Waals surface area contributed by atoms with E-state index in [1.54, 1.807) is 14.2 Å². The maximum atomic E-state index is 5.73. The Kier molecular flexibility index (Phi) is 4.74. The molecule has 0 aliphatic rings. The van der Waals surface area contributed by atoms with E-state index < -0.39 is 0 Å². The lowest BCUT2D eigenvalue weighted by Crippen LogP contribution is -2.20. The van der Waals surface area contributed by atoms with Crippen LogP contribution in [0.2, 0.25) is 0 Å². The number of alkyl halides is 1. The molecule has 0 heterocycles. The first kappa shape index (κ1) is 13.0. The van der Waals surface area contributed by atoms with E-state index in [4.69, 9.17) is 21.1 Å². The van der Waals surface area contributed by atoms with Crippen LogP contribution in [-0.2, 0) is 0 Å². The molecule has 0 saturated carbocycles. The zero-order valence-electron chi connectivity index (χ0n) is 10.2. The third kappa shape index (κ3) is 2.73. The highest BCUT2D eigenvalue weighted by Crippen LogP contribution is 2.34. The lowest BCUT2D eigenvalue weighted by atomic mass is 10.1. The predicted octanol–water partition coefficient (Wildman–Crippen LogP) is 2.69. The molecule has 1 aromatic carbocycles. The van der Waals surface area contributed by atoms with Crippen molar-refractivity contribution in [2.75, 3.05) is 38.6 Å². The molecule has 1 aromatic rings. The monoisotopic (exact) mass is 243 g/mol. The summed E-state index contributed by atoms with van der Waals surface area (Å²) in [4.78, 5) is 2.10. The average Bonchev–Trinajstić information content (AvgIpc) is 2.28. The van der Waals surface area contributed by atoms with Gasteiger partial charge in [0.1, 0.15) is 0 Å². The van der Waals surface area contributed by atoms with E-state index in [-0.39, 0.29) is 0 Å². The summed E-state index contributed by atoms with van der Waals surface area (Å²) >= 11 is 5.73. The topological polar surface area (TPSA) is 21.7 Å². The summed E-state index contributed by atoms with van der Waals surface area (Å²) in [5, 5.41) is 0. The van der Waals surface area contributed by atoms with E-state index >= 15 is 0 Å². The number of hydrogen-bond donors (Lipinski definition) is 0. The summed E-state index contributed by atoms with van der Waals surface area (Å²) in [7, 11) is 5.29. The molecule has 0 aliphatic heterocycles. The molecule has 0 aliphatic carbocycles. The first-order chi connectivity index (χ1) is 7.63. The first-order valence-corrected chi connectivity index (χ1v) is 5.67. The fourth-order valence-corrected chi connectivity index (χ4v) is 1.88. The Hall–Kier alpha value is -1.09. The van der Waals surface area contributed by atoms with Crippen molar-refractivity contribution in [3.8, 4) is 11.5 Å². The van der Waals surface area contributed by atoms with Gasteiger partial charge >= 0.3 is 0 Å². The van der Waals surface area contributed by atoms with Crippen molar-refractivity contribution in [1.82, 2.24) is 0 Å². The van der Waals surface area contributed by atoms with Gasteiger partial charge in [0.15, 0.2) is 11.5 Å². The van der Waals surface area contributed by atoms with Crippen LogP contribution in [0.25, 0.3) is 0 Å². The maximum Gasteiger partial charge on any atom is 0.162 e. The Morgan fingerprint density at radius 2 is 1.75 bits per heavy atom. The van der Waals surface area contributed by atoms with E-state index in [0.29, 0.717) is 5.88 Å². The van der Waals surface area contributed by atoms with Crippen LogP contribution in [0.15, 0.2) is 12.1 Å². The molecule has 0 saturated heterocycles. The van der Waals surface area contributed by atoms with Gasteiger partial charge in [-0.05, 0) is 18.6 Å². The van der Waals surface area contributed by atoms with Gasteiger partial charge in [0, 0.05) is 31.2 Å². The van der Waals surface area contributed by atoms with Gasteiger partial charge in [-0.25, -0.2) is 0 Å². The minimum absolute atomic E-state index is 0.601. The second-order valence-corrected chi connectivity index (χ2v) is 3.98. The summed E-state index contributed by atoms with van der Waals surface area (Å²) in [5.41, 5.74) is 2.25. The van der Waals surface area contributed by atoms with Crippen LogP contribution < -0.4 is 14.4 Å². The summed E-state index contributed by atoms with van der Waals surface area (Å²) < 4.78 is 10.5. The molecule has 0 spiro atoms. The van der Waals surface area contributed by atoms with Gasteiger partial charge in [-0.3, -0.25) is 0 Å². The Morgan fingerprint density at radius 3 is 2.25 bits per heavy atom. The molecule has 3 nitrogen and oxygen atoms in total. The predicted molar refractivity (Wildman–Crippen MR) is 68.3 cm³/mol. The summed E-state index contributed by atoms with van der Waals surface area (Å²) in [6.07, 6.45) is 0. The molecule has 1 rings (SSSR count). The maximum absolute atomic E-state index is 5.73. The third-order valence-corrected chi connectivity index (χ3v) is 2.70. The Morgan fingerprint density at radius 1 is 1.19 bits per heavy atom. The Balaban J connectivity index is 3.10. The quantitative estimate of drug-likeness (QED) is 0.743. The lowest BCUT2D eigenvalue weighted by Gasteiger charge is -2.22. The van der Waals surface area contributed by atoms with E-state index in [1.165, 1.54) is 0 Å². The highest BCUT2D eigenvalue weighted by atomic mass is 35.5. The number of rotatable bonds is 5. The molecule has 0 amide bonds. The van der Waals surface area contributed by atoms with Crippen LogP contribution in [0.1, 0.15) is 5.56 Å². The number of halogens is 1. The van der Waals surface area contributed by atoms with E-state index in [9.17, 15) is 0 Å². The van der Waals surface area contributed by atoms with Crippen LogP contribution in [0.5, 0.6) is 11.5 Å². The fourth-order valence-electron chi connectivity index (χ4n) is 1.63. The minimum atomic E-state index is 0.601. The number of methoxy groups -OCH3 is 2. The SMILES string of the molecule is COc1cc(C)c(N(C)CCCl)cc1OC. The number of benzene rings is 1. The van der Waals surface area contributed by atoms with Gasteiger partial charge in [-0.15, -0.1) is 11.6 Å². The summed E-state index contributed by atoms with van der Waals surface area (Å²) in [5.74, 6) is 2.09. The Bertz CT molecular complexity index is 355. The molecule has 16 heavy (non-hydrogen) atoms. The summed E-state index contributed by atoms with van der Waals surface area (Å²) in [6.45, 7) is 2.85. The molecule has 0 bridgehead atoms. The van der Waals surface area contributed by atoms with Crippen molar-refractivity contribution in [3.05, 3.63) is 17.7 Å². The second kappa shape index (κ2) is 5.85. The normalized spacial score (nSPS) is 10.1. The first-order valence-electron chi connectivity index (χ1n) is 5.13. The number of aryl methyl sites for hydroxylation is 1. The molecule has 0 atom stereocenters. The van der Waals surface area contributed by atoms with Gasteiger partial charge in [-0.2, -0.15) is 0 Å². The van der Waals surface area contributed by atoms with Crippen molar-refractivity contribution in [2.24, 2.45) is 0 Å². The van der Waals surface area contributed by atoms with Crippen LogP contribution in [0.4, 0.5) is 5.69 Å². The zero-order chi connectivity index (χ0) is 12.1. The average molecular weight is 244 g/mol. The molecule has 90 valence electrons. The number of hydrogen-bond acceptors (Lipinski definition) is 3. The number of nitrogens with zero attached hydrogens (tertiary/aromatic N) is 1. The minimum Gasteiger partial charge on any atom is -0.493 e. The van der Waals surface area contributed by atoms with Gasteiger partial charge in [-0.1, -0.05) is 0 Å². The Labute approximate surface area is 102 Å². The number of ether oxygens (including phenoxy) is 2. The number of anilines is 1. The molecule has 0 N–H and O–H groups in total. The van der Waals surface area contributed by atoms with Crippen LogP contribution in [-0.4, -0.2) is 33.7 Å². The van der Waals surface area contributed by atoms with E-state index in [2.05, 4.69) is 4.90 Å². The van der Waals surface area contributed by atoms with E-state index in [1.807, 2.05) is 26.1 Å². The summed E-state index contributed by atoms with van der Waals surface area (Å²) in [6, 6.07) is 3.94. The molecule has 0 fully saturated rings. The molecule has 0 radical (unpaired) electrons. The highest BCUT2D eigenvalue weighted by Gasteiger charge is 2.11. The van der Waals surface area contributed by atoms with Crippen LogP contribution >= 0.6 is 11.6 Å². The van der Waals surface area contributed by atoms with Crippen molar-refractivity contribution >= 4 is 17.3 Å². The fraction of sp³-hybridized carbons (Fsp3) is 0.500. The van der Waals surface area contributed by atoms with E-state index in [0.717, 1.165) is 29.3 Å². The van der Waals surface area contributed by atoms with Crippen molar-refractivity contribution < 1.29 is 9.47 Å². The third-order valence-electron chi connectivity index (χ3n) is 2.53. The van der Waals surface area contributed by atoms with Crippen molar-refractivity contribution in [2.45, 2.75) is 6.92 Å². The molecule has 4 heteroatoms. The van der Waals surface area contributed by atoms with Gasteiger partial charge in [0.05, 0.1) is 14.2 Å². The molecule has 0 aromatic heterocycles. The van der Waals surface area contributed by atoms with Crippen LogP contribution in [0.3, 0.4) is 0 Å². The lowest BCUT2D eigenvalue weighted by molar-refractivity contribution is 0.355.